The lowest BCUT2D eigenvalue weighted by Crippen LogP contribution is -2.31. The number of hydrogen-bond acceptors (Lipinski definition) is 4. The van der Waals surface area contributed by atoms with E-state index in [1.54, 1.807) is 27.0 Å². The summed E-state index contributed by atoms with van der Waals surface area (Å²) in [6.07, 6.45) is 0. The summed E-state index contributed by atoms with van der Waals surface area (Å²) in [5.41, 5.74) is 0.269. The molecule has 0 aliphatic rings. The molecule has 142 valence electrons. The number of rotatable bonds is 7. The minimum Gasteiger partial charge on any atom is -0.337 e. The van der Waals surface area contributed by atoms with Gasteiger partial charge in [0.2, 0.25) is 10.0 Å². The number of benzene rings is 1. The molecule has 5 nitrogen and oxygen atoms in total. The van der Waals surface area contributed by atoms with Crippen LogP contribution in [0.25, 0.3) is 0 Å². The van der Waals surface area contributed by atoms with Crippen molar-refractivity contribution in [1.29, 1.82) is 0 Å². The third-order valence-electron chi connectivity index (χ3n) is 3.87. The van der Waals surface area contributed by atoms with Crippen LogP contribution in [0.15, 0.2) is 35.2 Å². The third kappa shape index (κ3) is 4.58. The van der Waals surface area contributed by atoms with Crippen LogP contribution >= 0.6 is 34.5 Å². The van der Waals surface area contributed by atoms with Gasteiger partial charge in [-0.15, -0.1) is 11.3 Å². The number of halogens is 2. The van der Waals surface area contributed by atoms with Crippen molar-refractivity contribution in [2.75, 3.05) is 20.1 Å². The fourth-order valence-corrected chi connectivity index (χ4v) is 5.60. The first-order valence-electron chi connectivity index (χ1n) is 8.00. The van der Waals surface area contributed by atoms with Gasteiger partial charge >= 0.3 is 0 Å². The fourth-order valence-electron chi connectivity index (χ4n) is 2.50. The second-order valence-corrected chi connectivity index (χ2v) is 9.71. The maximum absolute atomic E-state index is 12.8. The summed E-state index contributed by atoms with van der Waals surface area (Å²) in [7, 11) is -2.10. The van der Waals surface area contributed by atoms with Crippen molar-refractivity contribution in [2.45, 2.75) is 25.3 Å². The molecule has 0 aliphatic heterocycles. The maximum atomic E-state index is 12.8. The van der Waals surface area contributed by atoms with Crippen LogP contribution in [0.5, 0.6) is 0 Å². The van der Waals surface area contributed by atoms with Crippen molar-refractivity contribution in [2.24, 2.45) is 0 Å². The first-order chi connectivity index (χ1) is 12.2. The van der Waals surface area contributed by atoms with Gasteiger partial charge in [0.15, 0.2) is 0 Å². The highest BCUT2D eigenvalue weighted by atomic mass is 35.5. The molecule has 2 rings (SSSR count). The van der Waals surface area contributed by atoms with E-state index in [2.05, 4.69) is 0 Å². The highest BCUT2D eigenvalue weighted by molar-refractivity contribution is 7.89. The highest BCUT2D eigenvalue weighted by Crippen LogP contribution is 2.27. The molecule has 0 aliphatic carbocycles. The number of carbonyl (C=O) groups is 1. The van der Waals surface area contributed by atoms with E-state index < -0.39 is 10.0 Å². The number of hydrogen-bond donors (Lipinski definition) is 0. The summed E-state index contributed by atoms with van der Waals surface area (Å²) < 4.78 is 27.5. The van der Waals surface area contributed by atoms with Crippen molar-refractivity contribution in [1.82, 2.24) is 9.21 Å². The monoisotopic (exact) mass is 434 g/mol. The van der Waals surface area contributed by atoms with E-state index in [-0.39, 0.29) is 21.4 Å². The van der Waals surface area contributed by atoms with Crippen molar-refractivity contribution < 1.29 is 13.2 Å². The molecule has 1 amide bonds. The van der Waals surface area contributed by atoms with Crippen LogP contribution in [-0.4, -0.2) is 43.7 Å². The highest BCUT2D eigenvalue weighted by Gasteiger charge is 2.26. The number of thiophene rings is 1. The molecule has 0 N–H and O–H groups in total. The van der Waals surface area contributed by atoms with Crippen LogP contribution in [0.1, 0.15) is 29.1 Å². The Labute approximate surface area is 168 Å². The quantitative estimate of drug-likeness (QED) is 0.650. The Bertz CT molecular complexity index is 893. The molecule has 0 saturated heterocycles. The fraction of sp³-hybridized carbons (Fsp3) is 0.353. The predicted molar refractivity (Wildman–Crippen MR) is 107 cm³/mol. The summed E-state index contributed by atoms with van der Waals surface area (Å²) in [5, 5.41) is 0.0983. The molecule has 0 bridgehead atoms. The standard InChI is InChI=1S/C17H20Cl2N2O3S2/c1-4-21(5-2)26(23,24)15-10-12(6-8-14(15)18)17(22)20(3)11-13-7-9-16(19)25-13/h6-10H,4-5,11H2,1-3H3. The minimum absolute atomic E-state index is 0.0544. The molecule has 1 aromatic heterocycles. The summed E-state index contributed by atoms with van der Waals surface area (Å²) in [6, 6.07) is 7.95. The smallest absolute Gasteiger partial charge is 0.253 e. The second kappa shape index (κ2) is 8.71. The molecule has 0 saturated carbocycles. The maximum Gasteiger partial charge on any atom is 0.253 e. The van der Waals surface area contributed by atoms with Gasteiger partial charge in [-0.3, -0.25) is 4.79 Å². The molecule has 26 heavy (non-hydrogen) atoms. The van der Waals surface area contributed by atoms with Crippen molar-refractivity contribution in [3.63, 3.8) is 0 Å². The van der Waals surface area contributed by atoms with Gasteiger partial charge in [0.1, 0.15) is 4.90 Å². The Morgan fingerprint density at radius 2 is 1.77 bits per heavy atom. The number of amides is 1. The molecule has 2 aromatic rings. The topological polar surface area (TPSA) is 57.7 Å². The normalized spacial score (nSPS) is 11.8. The average molecular weight is 435 g/mol. The number of carbonyl (C=O) groups excluding carboxylic acids is 1. The molecule has 0 atom stereocenters. The Kier molecular flexibility index (Phi) is 7.10. The Morgan fingerprint density at radius 3 is 2.31 bits per heavy atom. The lowest BCUT2D eigenvalue weighted by atomic mass is 10.2. The molecule has 0 radical (unpaired) electrons. The molecular weight excluding hydrogens is 415 g/mol. The van der Waals surface area contributed by atoms with E-state index in [0.717, 1.165) is 4.88 Å². The van der Waals surface area contributed by atoms with Gasteiger partial charge in [0.05, 0.1) is 15.9 Å². The summed E-state index contributed by atoms with van der Waals surface area (Å²) in [4.78, 5) is 15.1. The van der Waals surface area contributed by atoms with E-state index >= 15 is 0 Å². The summed E-state index contributed by atoms with van der Waals surface area (Å²) in [6.45, 7) is 4.55. The Balaban J connectivity index is 2.32. The van der Waals surface area contributed by atoms with Crippen molar-refractivity contribution in [3.8, 4) is 0 Å². The average Bonchev–Trinajstić information content (AvgIpc) is 3.00. The molecule has 0 unspecified atom stereocenters. The second-order valence-electron chi connectivity index (χ2n) is 5.60. The van der Waals surface area contributed by atoms with Gasteiger partial charge in [-0.25, -0.2) is 8.42 Å². The van der Waals surface area contributed by atoms with Gasteiger partial charge in [-0.05, 0) is 30.3 Å². The first-order valence-corrected chi connectivity index (χ1v) is 11.0. The van der Waals surface area contributed by atoms with E-state index in [0.29, 0.717) is 24.0 Å². The van der Waals surface area contributed by atoms with Gasteiger partial charge in [-0.2, -0.15) is 4.31 Å². The first kappa shape index (κ1) is 21.2. The third-order valence-corrected chi connectivity index (χ3v) is 7.62. The minimum atomic E-state index is -3.75. The van der Waals surface area contributed by atoms with Gasteiger partial charge < -0.3 is 4.90 Å². The Morgan fingerprint density at radius 1 is 1.12 bits per heavy atom. The van der Waals surface area contributed by atoms with E-state index in [1.807, 2.05) is 6.07 Å². The van der Waals surface area contributed by atoms with Crippen LogP contribution in [0.3, 0.4) is 0 Å². The van der Waals surface area contributed by atoms with Gasteiger partial charge in [-0.1, -0.05) is 37.0 Å². The number of sulfonamides is 1. The zero-order valence-corrected chi connectivity index (χ0v) is 17.8. The number of nitrogens with zero attached hydrogens (tertiary/aromatic N) is 2. The van der Waals surface area contributed by atoms with E-state index in [1.165, 1.54) is 38.7 Å². The predicted octanol–water partition coefficient (Wildman–Crippen LogP) is 4.36. The molecule has 1 heterocycles. The van der Waals surface area contributed by atoms with E-state index in [9.17, 15) is 13.2 Å². The summed E-state index contributed by atoms with van der Waals surface area (Å²) in [5.74, 6) is -0.290. The van der Waals surface area contributed by atoms with Crippen LogP contribution in [-0.2, 0) is 16.6 Å². The largest absolute Gasteiger partial charge is 0.337 e. The molecule has 0 fully saturated rings. The van der Waals surface area contributed by atoms with Crippen LogP contribution in [0, 0.1) is 0 Å². The lowest BCUT2D eigenvalue weighted by Gasteiger charge is -2.21. The molecule has 9 heteroatoms. The Hall–Kier alpha value is -1.12. The van der Waals surface area contributed by atoms with Gasteiger partial charge in [0.25, 0.3) is 5.91 Å². The molecule has 1 aromatic carbocycles. The lowest BCUT2D eigenvalue weighted by molar-refractivity contribution is 0.0786. The zero-order valence-electron chi connectivity index (χ0n) is 14.7. The van der Waals surface area contributed by atoms with Gasteiger partial charge in [0, 0.05) is 30.6 Å². The molecule has 0 spiro atoms. The SMILES string of the molecule is CCN(CC)S(=O)(=O)c1cc(C(=O)N(C)Cc2ccc(Cl)s2)ccc1Cl. The van der Waals surface area contributed by atoms with E-state index in [4.69, 9.17) is 23.2 Å². The zero-order chi connectivity index (χ0) is 19.5. The van der Waals surface area contributed by atoms with Crippen molar-refractivity contribution in [3.05, 3.63) is 50.1 Å². The van der Waals surface area contributed by atoms with Crippen LogP contribution in [0.2, 0.25) is 9.36 Å². The van der Waals surface area contributed by atoms with Crippen LogP contribution < -0.4 is 0 Å². The van der Waals surface area contributed by atoms with Crippen molar-refractivity contribution >= 4 is 50.5 Å². The summed E-state index contributed by atoms with van der Waals surface area (Å²) >= 11 is 13.4. The van der Waals surface area contributed by atoms with Crippen LogP contribution in [0.4, 0.5) is 0 Å². The molecular formula is C17H20Cl2N2O3S2.